The van der Waals surface area contributed by atoms with E-state index in [1.807, 2.05) is 18.3 Å². The fraction of sp³-hybridized carbons (Fsp3) is 0.500. The highest BCUT2D eigenvalue weighted by atomic mass is 16.2. The number of nitrogens with zero attached hydrogens (tertiary/aromatic N) is 6. The van der Waals surface area contributed by atoms with E-state index in [-0.39, 0.29) is 11.9 Å². The third-order valence-electron chi connectivity index (χ3n) is 5.46. The predicted molar refractivity (Wildman–Crippen MR) is 103 cm³/mol. The third-order valence-corrected chi connectivity index (χ3v) is 5.46. The Morgan fingerprint density at radius 3 is 2.56 bits per heavy atom. The van der Waals surface area contributed by atoms with Crippen molar-refractivity contribution >= 4 is 11.9 Å². The van der Waals surface area contributed by atoms with E-state index >= 15 is 0 Å². The second kappa shape index (κ2) is 8.43. The van der Waals surface area contributed by atoms with Crippen molar-refractivity contribution in [2.45, 2.75) is 25.3 Å². The number of carbonyl (C=O) groups excluding carboxylic acids is 1. The number of hydrogen-bond donors (Lipinski definition) is 0. The number of anilines is 1. The van der Waals surface area contributed by atoms with Gasteiger partial charge in [-0.15, -0.1) is 0 Å². The molecule has 142 valence electrons. The molecule has 4 rings (SSSR count). The average molecular weight is 366 g/mol. The molecule has 2 aliphatic heterocycles. The van der Waals surface area contributed by atoms with Gasteiger partial charge in [-0.05, 0) is 37.0 Å². The minimum Gasteiger partial charge on any atom is -0.338 e. The van der Waals surface area contributed by atoms with Crippen molar-refractivity contribution < 1.29 is 4.79 Å². The highest BCUT2D eigenvalue weighted by Crippen LogP contribution is 2.30. The van der Waals surface area contributed by atoms with Crippen molar-refractivity contribution in [3.63, 3.8) is 0 Å². The number of likely N-dealkylation sites (tertiary alicyclic amines) is 1. The van der Waals surface area contributed by atoms with Crippen LogP contribution >= 0.6 is 0 Å². The highest BCUT2D eigenvalue weighted by molar-refractivity contribution is 5.79. The minimum absolute atomic E-state index is 0.166. The van der Waals surface area contributed by atoms with Gasteiger partial charge in [0, 0.05) is 57.5 Å². The lowest BCUT2D eigenvalue weighted by Gasteiger charge is -2.39. The summed E-state index contributed by atoms with van der Waals surface area (Å²) in [5, 5.41) is 0. The monoisotopic (exact) mass is 366 g/mol. The molecule has 7 nitrogen and oxygen atoms in total. The van der Waals surface area contributed by atoms with Crippen LogP contribution in [0.4, 0.5) is 5.95 Å². The first-order chi connectivity index (χ1) is 13.3. The lowest BCUT2D eigenvalue weighted by atomic mass is 9.96. The molecule has 2 aromatic rings. The molecule has 4 heterocycles. The van der Waals surface area contributed by atoms with Gasteiger partial charge in [0.25, 0.3) is 0 Å². The van der Waals surface area contributed by atoms with Crippen LogP contribution in [0.5, 0.6) is 0 Å². The van der Waals surface area contributed by atoms with E-state index in [0.29, 0.717) is 6.54 Å². The van der Waals surface area contributed by atoms with E-state index < -0.39 is 0 Å². The summed E-state index contributed by atoms with van der Waals surface area (Å²) in [6.07, 6.45) is 10.5. The summed E-state index contributed by atoms with van der Waals surface area (Å²) in [6.45, 7) is 4.74. The zero-order valence-corrected chi connectivity index (χ0v) is 15.6. The van der Waals surface area contributed by atoms with Gasteiger partial charge in [0.05, 0.1) is 12.6 Å². The Kier molecular flexibility index (Phi) is 5.58. The molecule has 0 N–H and O–H groups in total. The van der Waals surface area contributed by atoms with Crippen LogP contribution in [0.3, 0.4) is 0 Å². The van der Waals surface area contributed by atoms with Gasteiger partial charge in [0.15, 0.2) is 0 Å². The summed E-state index contributed by atoms with van der Waals surface area (Å²) < 4.78 is 0. The van der Waals surface area contributed by atoms with Crippen molar-refractivity contribution in [2.75, 3.05) is 44.2 Å². The summed E-state index contributed by atoms with van der Waals surface area (Å²) in [7, 11) is 0. The summed E-state index contributed by atoms with van der Waals surface area (Å²) in [6, 6.07) is 6.04. The van der Waals surface area contributed by atoms with E-state index in [1.165, 1.54) is 6.42 Å². The van der Waals surface area contributed by atoms with E-state index in [0.717, 1.165) is 57.1 Å². The molecular formula is C20H26N6O. The summed E-state index contributed by atoms with van der Waals surface area (Å²) in [4.78, 5) is 32.4. The van der Waals surface area contributed by atoms with Crippen LogP contribution in [-0.2, 0) is 4.79 Å². The first-order valence-corrected chi connectivity index (χ1v) is 9.75. The average Bonchev–Trinajstić information content (AvgIpc) is 2.75. The SMILES string of the molecule is O=C(CN1CCN(c2ncccn2)CC1)N1CCCC[C@H]1c1cccnc1. The second-order valence-corrected chi connectivity index (χ2v) is 7.20. The van der Waals surface area contributed by atoms with Gasteiger partial charge in [-0.2, -0.15) is 0 Å². The van der Waals surface area contributed by atoms with Gasteiger partial charge in [-0.1, -0.05) is 6.07 Å². The summed E-state index contributed by atoms with van der Waals surface area (Å²) in [5.41, 5.74) is 1.15. The molecule has 2 aromatic heterocycles. The van der Waals surface area contributed by atoms with Crippen LogP contribution in [0.15, 0.2) is 43.0 Å². The number of amides is 1. The standard InChI is InChI=1S/C20H26N6O/c27-19(26-10-2-1-6-18(26)17-5-3-7-21-15-17)16-24-11-13-25(14-12-24)20-22-8-4-9-23-20/h3-5,7-9,15,18H,1-2,6,10-14,16H2/t18-/m0/s1. The fourth-order valence-corrected chi connectivity index (χ4v) is 3.99. The third kappa shape index (κ3) is 4.24. The molecule has 2 fully saturated rings. The van der Waals surface area contributed by atoms with Gasteiger partial charge in [-0.3, -0.25) is 14.7 Å². The number of pyridine rings is 1. The van der Waals surface area contributed by atoms with Gasteiger partial charge in [0.1, 0.15) is 0 Å². The van der Waals surface area contributed by atoms with Crippen molar-refractivity contribution in [2.24, 2.45) is 0 Å². The van der Waals surface area contributed by atoms with Gasteiger partial charge in [0.2, 0.25) is 11.9 Å². The van der Waals surface area contributed by atoms with E-state index in [2.05, 4.69) is 35.7 Å². The lowest BCUT2D eigenvalue weighted by molar-refractivity contribution is -0.136. The normalized spacial score (nSPS) is 21.3. The quantitative estimate of drug-likeness (QED) is 0.821. The minimum atomic E-state index is 0.166. The van der Waals surface area contributed by atoms with Crippen LogP contribution in [0.25, 0.3) is 0 Å². The van der Waals surface area contributed by atoms with Crippen molar-refractivity contribution in [1.82, 2.24) is 24.8 Å². The van der Waals surface area contributed by atoms with Crippen molar-refractivity contribution in [1.29, 1.82) is 0 Å². The topological polar surface area (TPSA) is 65.5 Å². The van der Waals surface area contributed by atoms with Crippen LogP contribution in [-0.4, -0.2) is 69.9 Å². The molecule has 2 aliphatic rings. The second-order valence-electron chi connectivity index (χ2n) is 7.20. The molecule has 0 aromatic carbocycles. The number of piperazine rings is 1. The van der Waals surface area contributed by atoms with Crippen molar-refractivity contribution in [3.8, 4) is 0 Å². The molecule has 0 saturated carbocycles. The Labute approximate surface area is 160 Å². The summed E-state index contributed by atoms with van der Waals surface area (Å²) >= 11 is 0. The van der Waals surface area contributed by atoms with Crippen LogP contribution < -0.4 is 4.90 Å². The van der Waals surface area contributed by atoms with Crippen LogP contribution in [0.2, 0.25) is 0 Å². The zero-order valence-electron chi connectivity index (χ0n) is 15.6. The molecule has 0 spiro atoms. The molecule has 1 amide bonds. The predicted octanol–water partition coefficient (Wildman–Crippen LogP) is 1.75. The maximum Gasteiger partial charge on any atom is 0.237 e. The maximum atomic E-state index is 13.0. The first kappa shape index (κ1) is 17.9. The van der Waals surface area contributed by atoms with Crippen LogP contribution in [0.1, 0.15) is 30.9 Å². The number of aromatic nitrogens is 3. The smallest absolute Gasteiger partial charge is 0.237 e. The van der Waals surface area contributed by atoms with Crippen LogP contribution in [0, 0.1) is 0 Å². The largest absolute Gasteiger partial charge is 0.338 e. The molecule has 0 aliphatic carbocycles. The molecule has 27 heavy (non-hydrogen) atoms. The Morgan fingerprint density at radius 2 is 1.81 bits per heavy atom. The maximum absolute atomic E-state index is 13.0. The fourth-order valence-electron chi connectivity index (χ4n) is 3.99. The Balaban J connectivity index is 1.34. The Morgan fingerprint density at radius 1 is 1.00 bits per heavy atom. The van der Waals surface area contributed by atoms with E-state index in [9.17, 15) is 4.79 Å². The molecule has 7 heteroatoms. The van der Waals surface area contributed by atoms with Gasteiger partial charge < -0.3 is 9.80 Å². The lowest BCUT2D eigenvalue weighted by Crippen LogP contribution is -2.51. The Bertz CT molecular complexity index is 733. The molecule has 0 bridgehead atoms. The van der Waals surface area contributed by atoms with Gasteiger partial charge in [-0.25, -0.2) is 9.97 Å². The number of piperidine rings is 1. The van der Waals surface area contributed by atoms with Crippen molar-refractivity contribution in [3.05, 3.63) is 48.5 Å². The summed E-state index contributed by atoms with van der Waals surface area (Å²) in [5.74, 6) is 1.00. The zero-order chi connectivity index (χ0) is 18.5. The number of rotatable bonds is 4. The number of carbonyl (C=O) groups is 1. The molecule has 0 unspecified atom stereocenters. The molecule has 2 saturated heterocycles. The van der Waals surface area contributed by atoms with E-state index in [4.69, 9.17) is 0 Å². The first-order valence-electron chi connectivity index (χ1n) is 9.75. The van der Waals surface area contributed by atoms with E-state index in [1.54, 1.807) is 18.6 Å². The molecule has 0 radical (unpaired) electrons. The molecular weight excluding hydrogens is 340 g/mol. The Hall–Kier alpha value is -2.54. The molecule has 1 atom stereocenters. The number of hydrogen-bond acceptors (Lipinski definition) is 6. The highest BCUT2D eigenvalue weighted by Gasteiger charge is 2.30. The van der Waals surface area contributed by atoms with Gasteiger partial charge >= 0.3 is 0 Å².